The van der Waals surface area contributed by atoms with E-state index in [9.17, 15) is 9.59 Å². The predicted molar refractivity (Wildman–Crippen MR) is 244 cm³/mol. The number of carbonyl (C=O) groups excluding carboxylic acids is 2. The van der Waals surface area contributed by atoms with Crippen LogP contribution in [0.15, 0.2) is 60.7 Å². The first-order valence-electron chi connectivity index (χ1n) is 21.0. The van der Waals surface area contributed by atoms with Crippen LogP contribution in [0, 0.1) is 0 Å². The van der Waals surface area contributed by atoms with Crippen LogP contribution >= 0.6 is 0 Å². The van der Waals surface area contributed by atoms with Gasteiger partial charge in [-0.15, -0.1) is 0 Å². The zero-order chi connectivity index (χ0) is 48.8. The summed E-state index contributed by atoms with van der Waals surface area (Å²) in [5.74, 6) is 1.13. The summed E-state index contributed by atoms with van der Waals surface area (Å²) in [6.45, 7) is 5.17. The van der Waals surface area contributed by atoms with Gasteiger partial charge in [-0.1, -0.05) is 12.1 Å². The molecule has 0 saturated carbocycles. The van der Waals surface area contributed by atoms with E-state index in [1.54, 1.807) is 56.9 Å². The molecule has 2 aliphatic rings. The number of primary amides is 2. The Kier molecular flexibility index (Phi) is 18.7. The van der Waals surface area contributed by atoms with Crippen LogP contribution in [0.4, 0.5) is 0 Å². The lowest BCUT2D eigenvalue weighted by atomic mass is 9.87. The number of fused-ring (bicyclic) bond motifs is 2. The van der Waals surface area contributed by atoms with Crippen molar-refractivity contribution in [1.82, 2.24) is 9.80 Å². The average molecular weight is 919 g/mol. The maximum atomic E-state index is 12.0. The first-order valence-corrected chi connectivity index (χ1v) is 21.0. The molecule has 2 amide bonds. The summed E-state index contributed by atoms with van der Waals surface area (Å²) in [5, 5.41) is 14.8. The van der Waals surface area contributed by atoms with E-state index in [-0.39, 0.29) is 23.9 Å². The zero-order valence-electron chi connectivity index (χ0n) is 39.2. The maximum absolute atomic E-state index is 12.0. The van der Waals surface area contributed by atoms with Gasteiger partial charge in [0.05, 0.1) is 69.0 Å². The minimum atomic E-state index is -1.82. The van der Waals surface area contributed by atoms with Gasteiger partial charge in [-0.05, 0) is 121 Å². The van der Waals surface area contributed by atoms with Gasteiger partial charge in [0.25, 0.3) is 0 Å². The van der Waals surface area contributed by atoms with Crippen LogP contribution in [-0.4, -0.2) is 126 Å². The van der Waals surface area contributed by atoms with E-state index in [2.05, 4.69) is 9.80 Å². The smallest absolute Gasteiger partial charge is 0.414 e. The van der Waals surface area contributed by atoms with Crippen LogP contribution in [0.25, 0.3) is 0 Å². The fraction of sp³-hybridized carbons (Fsp3) is 0.417. The molecule has 6 N–H and O–H groups in total. The van der Waals surface area contributed by atoms with Crippen molar-refractivity contribution in [1.29, 1.82) is 0 Å². The first-order chi connectivity index (χ1) is 31.5. The molecule has 358 valence electrons. The topological polar surface area (TPSA) is 241 Å². The number of carbonyl (C=O) groups is 4. The zero-order valence-corrected chi connectivity index (χ0v) is 39.2. The molecule has 0 spiro atoms. The Labute approximate surface area is 385 Å². The summed E-state index contributed by atoms with van der Waals surface area (Å²) >= 11 is 0. The van der Waals surface area contributed by atoms with Crippen LogP contribution < -0.4 is 49.4 Å². The molecule has 4 aromatic carbocycles. The molecule has 18 nitrogen and oxygen atoms in total. The minimum Gasteiger partial charge on any atom is -0.493 e. The van der Waals surface area contributed by atoms with Crippen molar-refractivity contribution in [2.45, 2.75) is 63.7 Å². The Morgan fingerprint density at radius 2 is 0.788 bits per heavy atom. The Morgan fingerprint density at radius 1 is 0.500 bits per heavy atom. The van der Waals surface area contributed by atoms with Gasteiger partial charge in [0.1, 0.15) is 0 Å². The molecule has 2 unspecified atom stereocenters. The average Bonchev–Trinajstić information content (AvgIpc) is 3.32. The second-order valence-corrected chi connectivity index (χ2v) is 15.4. The number of rotatable bonds is 16. The third kappa shape index (κ3) is 12.2. The van der Waals surface area contributed by atoms with Gasteiger partial charge in [-0.3, -0.25) is 19.4 Å². The first kappa shape index (κ1) is 51.7. The van der Waals surface area contributed by atoms with Gasteiger partial charge in [-0.25, -0.2) is 9.59 Å². The van der Waals surface area contributed by atoms with E-state index in [0.29, 0.717) is 58.8 Å². The molecule has 18 heteroatoms. The standard InChI is InChI=1S/2C23H30N2O5.C2H2O4/c2*1-14(23(24)26)25-9-8-16-12-21(29-4)22(30-5)13-17(16)18(25)10-15-6-7-19(27-2)20(11-15)28-3;3-1(4)2(5)6/h2*6-7,11-14,18H,8-10H2,1-5H3,(H2,24,26);(H,3,4)(H,5,6)/t2*14?,18-;/m11./s1. The minimum absolute atomic E-state index is 0.0471. The molecule has 0 fully saturated rings. The molecule has 6 rings (SSSR count). The van der Waals surface area contributed by atoms with Crippen molar-refractivity contribution in [3.05, 3.63) is 94.0 Å². The quantitative estimate of drug-likeness (QED) is 0.112. The van der Waals surface area contributed by atoms with Crippen molar-refractivity contribution < 1.29 is 67.3 Å². The number of methoxy groups -OCH3 is 8. The van der Waals surface area contributed by atoms with Gasteiger partial charge in [-0.2, -0.15) is 0 Å². The number of hydrogen-bond acceptors (Lipinski definition) is 14. The third-order valence-corrected chi connectivity index (χ3v) is 11.8. The van der Waals surface area contributed by atoms with Crippen LogP contribution in [-0.2, 0) is 44.9 Å². The fourth-order valence-electron chi connectivity index (χ4n) is 8.27. The molecule has 2 heterocycles. The monoisotopic (exact) mass is 918 g/mol. The fourth-order valence-corrected chi connectivity index (χ4v) is 8.27. The van der Waals surface area contributed by atoms with E-state index in [4.69, 9.17) is 69.2 Å². The molecular formula is C48H62N4O14. The second-order valence-electron chi connectivity index (χ2n) is 15.4. The number of benzene rings is 4. The van der Waals surface area contributed by atoms with Crippen LogP contribution in [0.3, 0.4) is 0 Å². The number of amides is 2. The molecule has 0 radical (unpaired) electrons. The highest BCUT2D eigenvalue weighted by Gasteiger charge is 2.36. The van der Waals surface area contributed by atoms with Gasteiger partial charge in [0.15, 0.2) is 46.0 Å². The lowest BCUT2D eigenvalue weighted by Crippen LogP contribution is -2.48. The summed E-state index contributed by atoms with van der Waals surface area (Å²) in [5.41, 5.74) is 18.1. The van der Waals surface area contributed by atoms with E-state index in [1.165, 1.54) is 11.1 Å². The molecule has 2 aliphatic heterocycles. The van der Waals surface area contributed by atoms with E-state index >= 15 is 0 Å². The van der Waals surface area contributed by atoms with Gasteiger partial charge >= 0.3 is 11.9 Å². The van der Waals surface area contributed by atoms with Crippen LogP contribution in [0.1, 0.15) is 59.3 Å². The van der Waals surface area contributed by atoms with E-state index in [0.717, 1.165) is 48.2 Å². The number of carboxylic acid groups (broad SMARTS) is 2. The second kappa shape index (κ2) is 23.8. The highest BCUT2D eigenvalue weighted by Crippen LogP contribution is 2.43. The van der Waals surface area contributed by atoms with Crippen molar-refractivity contribution >= 4 is 23.8 Å². The molecule has 0 bridgehead atoms. The number of carboxylic acids is 2. The van der Waals surface area contributed by atoms with Crippen molar-refractivity contribution in [2.24, 2.45) is 11.5 Å². The van der Waals surface area contributed by atoms with Gasteiger partial charge < -0.3 is 59.6 Å². The summed E-state index contributed by atoms with van der Waals surface area (Å²) in [6, 6.07) is 19.0. The molecule has 4 atom stereocenters. The summed E-state index contributed by atoms with van der Waals surface area (Å²) in [4.78, 5) is 46.5. The Bertz CT molecular complexity index is 2180. The van der Waals surface area contributed by atoms with Crippen molar-refractivity contribution in [3.63, 3.8) is 0 Å². The predicted octanol–water partition coefficient (Wildman–Crippen LogP) is 4.63. The van der Waals surface area contributed by atoms with Crippen LogP contribution in [0.5, 0.6) is 46.0 Å². The molecule has 4 aromatic rings. The molecule has 0 aliphatic carbocycles. The van der Waals surface area contributed by atoms with Crippen LogP contribution in [0.2, 0.25) is 0 Å². The Balaban J connectivity index is 0.000000257. The summed E-state index contributed by atoms with van der Waals surface area (Å²) in [7, 11) is 13.0. The van der Waals surface area contributed by atoms with E-state index in [1.807, 2.05) is 74.5 Å². The van der Waals surface area contributed by atoms with Gasteiger partial charge in [0, 0.05) is 25.2 Å². The Morgan fingerprint density at radius 3 is 1.06 bits per heavy atom. The highest BCUT2D eigenvalue weighted by atomic mass is 16.5. The number of ether oxygens (including phenoxy) is 8. The Hall–Kier alpha value is -6.92. The SMILES string of the molecule is COc1ccc(C[C@@H]2c3cc(OC)c(OC)cc3CCN2C(C)C(N)=O)cc1OC.COc1ccc(C[C@@H]2c3cc(OC)c(OC)cc3CCN2C(C)C(N)=O)cc1OC.O=C(O)C(=O)O. The normalized spacial score (nSPS) is 16.2. The van der Waals surface area contributed by atoms with E-state index < -0.39 is 24.0 Å². The molecule has 66 heavy (non-hydrogen) atoms. The summed E-state index contributed by atoms with van der Waals surface area (Å²) < 4.78 is 43.7. The molecule has 0 saturated heterocycles. The van der Waals surface area contributed by atoms with Gasteiger partial charge in [0.2, 0.25) is 11.8 Å². The lowest BCUT2D eigenvalue weighted by Gasteiger charge is -2.40. The molecular weight excluding hydrogens is 857 g/mol. The number of nitrogens with zero attached hydrogens (tertiary/aromatic N) is 2. The van der Waals surface area contributed by atoms with Crippen molar-refractivity contribution in [3.8, 4) is 46.0 Å². The number of hydrogen-bond donors (Lipinski definition) is 4. The lowest BCUT2D eigenvalue weighted by molar-refractivity contribution is -0.159. The number of nitrogens with two attached hydrogens (primary N) is 2. The largest absolute Gasteiger partial charge is 0.493 e. The van der Waals surface area contributed by atoms with Crippen molar-refractivity contribution in [2.75, 3.05) is 70.0 Å². The number of aliphatic carboxylic acids is 2. The molecule has 0 aromatic heterocycles. The third-order valence-electron chi connectivity index (χ3n) is 11.8. The summed E-state index contributed by atoms with van der Waals surface area (Å²) in [6.07, 6.45) is 2.96. The highest BCUT2D eigenvalue weighted by molar-refractivity contribution is 6.27. The maximum Gasteiger partial charge on any atom is 0.414 e.